The molecule has 4 N–H and O–H groups in total. The minimum atomic E-state index is -2.05. The van der Waals surface area contributed by atoms with Crippen molar-refractivity contribution in [2.75, 3.05) is 27.3 Å². The minimum Gasteiger partial charge on any atom is -0.481 e. The van der Waals surface area contributed by atoms with Crippen molar-refractivity contribution in [3.8, 4) is 34.6 Å². The average molecular weight is 764 g/mol. The highest BCUT2D eigenvalue weighted by Gasteiger charge is 2.20. The zero-order valence-corrected chi connectivity index (χ0v) is 30.3. The van der Waals surface area contributed by atoms with Gasteiger partial charge < -0.3 is 39.8 Å². The molecule has 0 radical (unpaired) electrons. The van der Waals surface area contributed by atoms with Gasteiger partial charge in [0.2, 0.25) is 35.9 Å². The summed E-state index contributed by atoms with van der Waals surface area (Å²) in [7, 11) is 2.84. The van der Waals surface area contributed by atoms with Crippen LogP contribution in [0.15, 0.2) is 48.5 Å². The average Bonchev–Trinajstić information content (AvgIpc) is 3.11. The van der Waals surface area contributed by atoms with Crippen LogP contribution >= 0.6 is 23.2 Å². The summed E-state index contributed by atoms with van der Waals surface area (Å²) in [4.78, 5) is 30.2. The number of nitrogens with one attached hydrogen (secondary N) is 2. The van der Waals surface area contributed by atoms with E-state index >= 15 is 0 Å². The summed E-state index contributed by atoms with van der Waals surface area (Å²) in [6, 6.07) is 14.9. The van der Waals surface area contributed by atoms with Gasteiger partial charge >= 0.3 is 11.9 Å². The summed E-state index contributed by atoms with van der Waals surface area (Å²) in [6.45, 7) is 3.63. The SMILES string of the molecule is COc1nc(OCc2cccc(-c3cccc(COc4nc(OC)c(CNCC(F)C(=O)O)cc4Cl)c3C)c2C)c(Cl)cc1CNCC(F)C(=O)O. The Labute approximate surface area is 309 Å². The van der Waals surface area contributed by atoms with Crippen LogP contribution in [0.2, 0.25) is 10.0 Å². The highest BCUT2D eigenvalue weighted by molar-refractivity contribution is 6.32. The first-order valence-electron chi connectivity index (χ1n) is 15.9. The molecule has 0 bridgehead atoms. The molecular weight excluding hydrogens is 725 g/mol. The molecule has 4 aromatic rings. The maximum atomic E-state index is 13.4. The topological polar surface area (TPSA) is 161 Å². The van der Waals surface area contributed by atoms with Crippen molar-refractivity contribution < 1.29 is 47.5 Å². The molecule has 16 heteroatoms. The Bertz CT molecular complexity index is 1770. The Morgan fingerprint density at radius 3 is 1.42 bits per heavy atom. The molecule has 52 heavy (non-hydrogen) atoms. The summed E-state index contributed by atoms with van der Waals surface area (Å²) in [5.41, 5.74) is 6.64. The molecule has 278 valence electrons. The predicted octanol–water partition coefficient (Wildman–Crippen LogP) is 6.27. The lowest BCUT2D eigenvalue weighted by Gasteiger charge is -2.18. The van der Waals surface area contributed by atoms with Gasteiger partial charge in [-0.15, -0.1) is 0 Å². The summed E-state index contributed by atoms with van der Waals surface area (Å²) in [5, 5.41) is 23.3. The van der Waals surface area contributed by atoms with E-state index in [2.05, 4.69) is 20.6 Å². The number of aliphatic carboxylic acids is 2. The maximum Gasteiger partial charge on any atom is 0.339 e. The van der Waals surface area contributed by atoms with Crippen molar-refractivity contribution in [1.82, 2.24) is 20.6 Å². The van der Waals surface area contributed by atoms with E-state index in [4.69, 9.17) is 52.4 Å². The molecule has 2 heterocycles. The number of benzene rings is 2. The Hall–Kier alpha value is -4.76. The van der Waals surface area contributed by atoms with E-state index in [1.54, 1.807) is 12.1 Å². The van der Waals surface area contributed by atoms with Crippen LogP contribution in [0.3, 0.4) is 0 Å². The number of carboxylic acids is 2. The van der Waals surface area contributed by atoms with E-state index in [1.807, 2.05) is 50.2 Å². The van der Waals surface area contributed by atoms with E-state index in [1.165, 1.54) is 14.2 Å². The Balaban J connectivity index is 1.46. The first-order valence-corrected chi connectivity index (χ1v) is 16.6. The van der Waals surface area contributed by atoms with Crippen molar-refractivity contribution >= 4 is 35.1 Å². The van der Waals surface area contributed by atoms with Gasteiger partial charge in [-0.1, -0.05) is 59.6 Å². The van der Waals surface area contributed by atoms with Crippen molar-refractivity contribution in [3.63, 3.8) is 0 Å². The normalized spacial score (nSPS) is 12.2. The molecule has 0 aliphatic rings. The number of pyridine rings is 2. The molecule has 2 atom stereocenters. The van der Waals surface area contributed by atoms with Gasteiger partial charge in [-0.05, 0) is 59.4 Å². The lowest BCUT2D eigenvalue weighted by atomic mass is 9.92. The second-order valence-electron chi connectivity index (χ2n) is 11.5. The third-order valence-electron chi connectivity index (χ3n) is 8.08. The first kappa shape index (κ1) is 40.0. The number of rotatable bonds is 19. The van der Waals surface area contributed by atoms with Crippen molar-refractivity contribution in [2.24, 2.45) is 0 Å². The van der Waals surface area contributed by atoms with Gasteiger partial charge in [-0.25, -0.2) is 18.4 Å². The number of carboxylic acid groups (broad SMARTS) is 2. The molecule has 2 unspecified atom stereocenters. The van der Waals surface area contributed by atoms with Crippen LogP contribution in [0.1, 0.15) is 33.4 Å². The van der Waals surface area contributed by atoms with Gasteiger partial charge in [-0.2, -0.15) is 9.97 Å². The summed E-state index contributed by atoms with van der Waals surface area (Å²) in [6.07, 6.45) is -4.10. The Morgan fingerprint density at radius 2 is 1.08 bits per heavy atom. The summed E-state index contributed by atoms with van der Waals surface area (Å²) < 4.78 is 49.6. The number of aromatic nitrogens is 2. The van der Waals surface area contributed by atoms with Crippen molar-refractivity contribution in [3.05, 3.63) is 92.0 Å². The lowest BCUT2D eigenvalue weighted by Crippen LogP contribution is -2.29. The van der Waals surface area contributed by atoms with Gasteiger partial charge in [0.1, 0.15) is 23.3 Å². The molecule has 0 aliphatic heterocycles. The highest BCUT2D eigenvalue weighted by Crippen LogP contribution is 2.34. The zero-order valence-electron chi connectivity index (χ0n) is 28.8. The summed E-state index contributed by atoms with van der Waals surface area (Å²) >= 11 is 12.9. The van der Waals surface area contributed by atoms with Crippen LogP contribution in [0, 0.1) is 13.8 Å². The van der Waals surface area contributed by atoms with Gasteiger partial charge in [0, 0.05) is 37.3 Å². The fraction of sp³-hybridized carbons (Fsp3) is 0.333. The molecule has 0 saturated carbocycles. The predicted molar refractivity (Wildman–Crippen MR) is 190 cm³/mol. The Kier molecular flexibility index (Phi) is 14.4. The third kappa shape index (κ3) is 10.2. The molecule has 0 fully saturated rings. The van der Waals surface area contributed by atoms with Crippen LogP contribution in [-0.4, -0.2) is 71.8 Å². The fourth-order valence-corrected chi connectivity index (χ4v) is 5.65. The third-order valence-corrected chi connectivity index (χ3v) is 8.62. The number of hydrogen-bond acceptors (Lipinski definition) is 10. The maximum absolute atomic E-state index is 13.4. The van der Waals surface area contributed by atoms with E-state index in [0.29, 0.717) is 11.1 Å². The van der Waals surface area contributed by atoms with Crippen LogP contribution in [0.25, 0.3) is 11.1 Å². The number of halogens is 4. The van der Waals surface area contributed by atoms with Crippen LogP contribution < -0.4 is 29.6 Å². The van der Waals surface area contributed by atoms with Gasteiger partial charge in [0.25, 0.3) is 0 Å². The number of methoxy groups -OCH3 is 2. The van der Waals surface area contributed by atoms with E-state index < -0.39 is 37.4 Å². The lowest BCUT2D eigenvalue weighted by molar-refractivity contribution is -0.143. The number of ether oxygens (including phenoxy) is 4. The highest BCUT2D eigenvalue weighted by atomic mass is 35.5. The quantitative estimate of drug-likeness (QED) is 0.0849. The molecule has 2 aromatic heterocycles. The molecular formula is C36H38Cl2F2N4O8. The Morgan fingerprint density at radius 1 is 0.692 bits per heavy atom. The molecule has 0 saturated heterocycles. The molecule has 12 nitrogen and oxygen atoms in total. The van der Waals surface area contributed by atoms with Crippen LogP contribution in [0.5, 0.6) is 23.5 Å². The first-order chi connectivity index (χ1) is 24.8. The van der Waals surface area contributed by atoms with Gasteiger partial charge in [-0.3, -0.25) is 0 Å². The van der Waals surface area contributed by atoms with Crippen LogP contribution in [-0.2, 0) is 35.9 Å². The smallest absolute Gasteiger partial charge is 0.339 e. The molecule has 2 aromatic carbocycles. The second-order valence-corrected chi connectivity index (χ2v) is 12.3. The number of carbonyl (C=O) groups is 2. The van der Waals surface area contributed by atoms with Gasteiger partial charge in [0.15, 0.2) is 0 Å². The van der Waals surface area contributed by atoms with E-state index in [9.17, 15) is 18.4 Å². The van der Waals surface area contributed by atoms with E-state index in [-0.39, 0.29) is 59.9 Å². The zero-order chi connectivity index (χ0) is 37.9. The molecule has 4 rings (SSSR count). The monoisotopic (exact) mass is 762 g/mol. The summed E-state index contributed by atoms with van der Waals surface area (Å²) in [5.74, 6) is -2.44. The largest absolute Gasteiger partial charge is 0.481 e. The molecule has 0 spiro atoms. The number of hydrogen-bond donors (Lipinski definition) is 4. The second kappa shape index (κ2) is 18.6. The standard InChI is InChI=1S/C36H38Cl2F2N4O8/c1-19-21(17-51-33-27(37)11-23(31(43-33)49-3)13-41-15-29(39)35(45)46)7-5-9-25(19)26-10-6-8-22(20(26)2)18-52-34-28(38)12-24(32(44-34)50-4)14-42-16-30(40)36(47)48/h5-12,29-30,41-42H,13-18H2,1-4H3,(H,45,46)(H,47,48). The van der Waals surface area contributed by atoms with Crippen molar-refractivity contribution in [2.45, 2.75) is 52.5 Å². The van der Waals surface area contributed by atoms with Crippen molar-refractivity contribution in [1.29, 1.82) is 0 Å². The number of alkyl halides is 2. The molecule has 0 amide bonds. The molecule has 0 aliphatic carbocycles. The van der Waals surface area contributed by atoms with Gasteiger partial charge in [0.05, 0.1) is 14.2 Å². The van der Waals surface area contributed by atoms with E-state index in [0.717, 1.165) is 33.4 Å². The minimum absolute atomic E-state index is 0.0801. The fourth-order valence-electron chi connectivity index (χ4n) is 5.19. The number of nitrogens with zero attached hydrogens (tertiary/aromatic N) is 2. The van der Waals surface area contributed by atoms with Crippen LogP contribution in [0.4, 0.5) is 8.78 Å².